The van der Waals surface area contributed by atoms with Gasteiger partial charge in [-0.2, -0.15) is 13.2 Å². The molecule has 3 nitrogen and oxygen atoms in total. The molecule has 0 heterocycles. The summed E-state index contributed by atoms with van der Waals surface area (Å²) in [5.74, 6) is -9.26. The molecule has 19 heavy (non-hydrogen) atoms. The van der Waals surface area contributed by atoms with Crippen molar-refractivity contribution >= 4 is 11.7 Å². The maximum atomic E-state index is 13.1. The van der Waals surface area contributed by atoms with Crippen LogP contribution in [0.2, 0.25) is 0 Å². The average Bonchev–Trinajstić information content (AvgIpc) is 2.23. The summed E-state index contributed by atoms with van der Waals surface area (Å²) in [6, 6.07) is 0.445. The van der Waals surface area contributed by atoms with Gasteiger partial charge in [-0.15, -0.1) is 0 Å². The van der Waals surface area contributed by atoms with Crippen molar-refractivity contribution < 1.29 is 36.2 Å². The maximum Gasteiger partial charge on any atom is 0.403 e. The fraction of sp³-hybridized carbons (Fsp3) is 0.300. The van der Waals surface area contributed by atoms with E-state index in [-0.39, 0.29) is 6.07 Å². The lowest BCUT2D eigenvalue weighted by Crippen LogP contribution is -2.36. The lowest BCUT2D eigenvalue weighted by Gasteiger charge is -2.17. The van der Waals surface area contributed by atoms with Gasteiger partial charge in [-0.05, 0) is 0 Å². The molecule has 1 atom stereocenters. The molecule has 0 spiro atoms. The molecule has 0 amide bonds. The van der Waals surface area contributed by atoms with E-state index in [1.807, 2.05) is 0 Å². The Morgan fingerprint density at radius 3 is 2.16 bits per heavy atom. The van der Waals surface area contributed by atoms with Gasteiger partial charge in [0.05, 0.1) is 5.69 Å². The number of halogens is 6. The molecule has 0 fully saturated rings. The molecule has 1 aromatic rings. The van der Waals surface area contributed by atoms with Gasteiger partial charge < -0.3 is 10.4 Å². The lowest BCUT2D eigenvalue weighted by atomic mass is 10.1. The number of anilines is 1. The smallest absolute Gasteiger partial charge is 0.403 e. The van der Waals surface area contributed by atoms with Gasteiger partial charge in [-0.25, -0.2) is 13.2 Å². The highest BCUT2D eigenvalue weighted by Gasteiger charge is 2.44. The third kappa shape index (κ3) is 3.76. The van der Waals surface area contributed by atoms with Gasteiger partial charge in [0.15, 0.2) is 17.6 Å². The quantitative estimate of drug-likeness (QED) is 0.661. The molecule has 0 aliphatic heterocycles. The van der Waals surface area contributed by atoms with E-state index >= 15 is 0 Å². The van der Waals surface area contributed by atoms with E-state index in [0.717, 1.165) is 0 Å². The van der Waals surface area contributed by atoms with E-state index in [0.29, 0.717) is 6.07 Å². The van der Waals surface area contributed by atoms with Crippen LogP contribution in [0.4, 0.5) is 32.0 Å². The van der Waals surface area contributed by atoms with Crippen molar-refractivity contribution in [3.05, 3.63) is 29.6 Å². The number of rotatable bonds is 4. The maximum absolute atomic E-state index is 13.1. The standard InChI is InChI=1S/C10H7F6NO2/c11-5-1-7(13)8(2-6(5)12)17-3-4(9(18)19)10(14,15)16/h1-2,4,17H,3H2,(H,18,19). The van der Waals surface area contributed by atoms with E-state index < -0.39 is 47.7 Å². The van der Waals surface area contributed by atoms with Crippen molar-refractivity contribution in [2.45, 2.75) is 6.18 Å². The predicted molar refractivity (Wildman–Crippen MR) is 52.0 cm³/mol. The summed E-state index contributed by atoms with van der Waals surface area (Å²) in [5.41, 5.74) is -0.755. The van der Waals surface area contributed by atoms with Crippen molar-refractivity contribution in [2.75, 3.05) is 11.9 Å². The molecule has 1 rings (SSSR count). The Labute approximate surface area is 102 Å². The summed E-state index contributed by atoms with van der Waals surface area (Å²) in [6.45, 7) is -1.21. The number of nitrogens with one attached hydrogen (secondary N) is 1. The third-order valence-corrected chi connectivity index (χ3v) is 2.20. The van der Waals surface area contributed by atoms with E-state index in [1.165, 1.54) is 0 Å². The second kappa shape index (κ2) is 5.37. The zero-order valence-corrected chi connectivity index (χ0v) is 9.06. The molecule has 0 radical (unpaired) electrons. The minimum absolute atomic E-state index is 0.140. The van der Waals surface area contributed by atoms with Gasteiger partial charge in [-0.1, -0.05) is 0 Å². The molecule has 1 aromatic carbocycles. The monoisotopic (exact) mass is 287 g/mol. The molecule has 0 saturated carbocycles. The highest BCUT2D eigenvalue weighted by molar-refractivity contribution is 5.71. The van der Waals surface area contributed by atoms with Gasteiger partial charge in [0.1, 0.15) is 5.82 Å². The second-order valence-electron chi connectivity index (χ2n) is 3.56. The Hall–Kier alpha value is -1.93. The summed E-state index contributed by atoms with van der Waals surface area (Å²) in [6.07, 6.45) is -5.05. The van der Waals surface area contributed by atoms with Crippen LogP contribution in [0.25, 0.3) is 0 Å². The average molecular weight is 287 g/mol. The molecular formula is C10H7F6NO2. The predicted octanol–water partition coefficient (Wildman–Crippen LogP) is 2.78. The second-order valence-corrected chi connectivity index (χ2v) is 3.56. The number of carboxylic acids is 1. The normalized spacial score (nSPS) is 13.2. The highest BCUT2D eigenvalue weighted by atomic mass is 19.4. The van der Waals surface area contributed by atoms with Gasteiger partial charge in [0.25, 0.3) is 0 Å². The van der Waals surface area contributed by atoms with Crippen molar-refractivity contribution in [1.29, 1.82) is 0 Å². The molecule has 0 aromatic heterocycles. The van der Waals surface area contributed by atoms with Gasteiger partial charge in [0.2, 0.25) is 0 Å². The van der Waals surface area contributed by atoms with Crippen LogP contribution in [0.5, 0.6) is 0 Å². The SMILES string of the molecule is O=C(O)C(CNc1cc(F)c(F)cc1F)C(F)(F)F. The number of benzene rings is 1. The zero-order chi connectivity index (χ0) is 14.8. The number of hydrogen-bond donors (Lipinski definition) is 2. The van der Waals surface area contributed by atoms with Crippen LogP contribution in [-0.2, 0) is 4.79 Å². The molecule has 0 aliphatic rings. The lowest BCUT2D eigenvalue weighted by molar-refractivity contribution is -0.190. The number of carboxylic acid groups (broad SMARTS) is 1. The first-order valence-electron chi connectivity index (χ1n) is 4.81. The molecule has 1 unspecified atom stereocenters. The zero-order valence-electron chi connectivity index (χ0n) is 9.06. The summed E-state index contributed by atoms with van der Waals surface area (Å²) in [5, 5.41) is 10.2. The minimum Gasteiger partial charge on any atom is -0.481 e. The van der Waals surface area contributed by atoms with Gasteiger partial charge >= 0.3 is 12.1 Å². The van der Waals surface area contributed by atoms with Crippen molar-refractivity contribution in [3.63, 3.8) is 0 Å². The largest absolute Gasteiger partial charge is 0.481 e. The van der Waals surface area contributed by atoms with E-state index in [2.05, 4.69) is 0 Å². The van der Waals surface area contributed by atoms with Crippen LogP contribution in [0, 0.1) is 23.4 Å². The minimum atomic E-state index is -5.05. The topological polar surface area (TPSA) is 49.3 Å². The van der Waals surface area contributed by atoms with Gasteiger partial charge in [-0.3, -0.25) is 4.79 Å². The number of hydrogen-bond acceptors (Lipinski definition) is 2. The van der Waals surface area contributed by atoms with Crippen molar-refractivity contribution in [2.24, 2.45) is 5.92 Å². The van der Waals surface area contributed by atoms with Crippen LogP contribution >= 0.6 is 0 Å². The highest BCUT2D eigenvalue weighted by Crippen LogP contribution is 2.27. The molecule has 0 aliphatic carbocycles. The Bertz CT molecular complexity index is 488. The van der Waals surface area contributed by atoms with Crippen LogP contribution in [-0.4, -0.2) is 23.8 Å². The summed E-state index contributed by atoms with van der Waals surface area (Å²) >= 11 is 0. The molecule has 0 bridgehead atoms. The summed E-state index contributed by atoms with van der Waals surface area (Å²) in [7, 11) is 0. The van der Waals surface area contributed by atoms with E-state index in [1.54, 1.807) is 5.32 Å². The Morgan fingerprint density at radius 1 is 1.16 bits per heavy atom. The molecule has 0 saturated heterocycles. The van der Waals surface area contributed by atoms with Crippen molar-refractivity contribution in [1.82, 2.24) is 0 Å². The number of alkyl halides is 3. The van der Waals surface area contributed by atoms with Crippen molar-refractivity contribution in [3.8, 4) is 0 Å². The van der Waals surface area contributed by atoms with Crippen LogP contribution < -0.4 is 5.32 Å². The Kier molecular flexibility index (Phi) is 4.28. The Morgan fingerprint density at radius 2 is 1.68 bits per heavy atom. The van der Waals surface area contributed by atoms with E-state index in [9.17, 15) is 31.1 Å². The Balaban J connectivity index is 2.86. The molecule has 9 heteroatoms. The first kappa shape index (κ1) is 15.1. The van der Waals surface area contributed by atoms with Crippen LogP contribution in [0.3, 0.4) is 0 Å². The third-order valence-electron chi connectivity index (χ3n) is 2.20. The first-order chi connectivity index (χ1) is 8.62. The number of aliphatic carboxylic acids is 1. The van der Waals surface area contributed by atoms with Crippen LogP contribution in [0.15, 0.2) is 12.1 Å². The summed E-state index contributed by atoms with van der Waals surface area (Å²) in [4.78, 5) is 10.4. The summed E-state index contributed by atoms with van der Waals surface area (Å²) < 4.78 is 75.2. The molecular weight excluding hydrogens is 280 g/mol. The van der Waals surface area contributed by atoms with Crippen LogP contribution in [0.1, 0.15) is 0 Å². The molecule has 106 valence electrons. The fourth-order valence-corrected chi connectivity index (χ4v) is 1.21. The fourth-order valence-electron chi connectivity index (χ4n) is 1.21. The number of carbonyl (C=O) groups is 1. The van der Waals surface area contributed by atoms with E-state index in [4.69, 9.17) is 5.11 Å². The first-order valence-corrected chi connectivity index (χ1v) is 4.81. The van der Waals surface area contributed by atoms with Gasteiger partial charge in [0, 0.05) is 18.7 Å². The molecule has 2 N–H and O–H groups in total.